The summed E-state index contributed by atoms with van der Waals surface area (Å²) >= 11 is 0. The van der Waals surface area contributed by atoms with Gasteiger partial charge >= 0.3 is 0 Å². The number of rotatable bonds is 2. The van der Waals surface area contributed by atoms with Gasteiger partial charge in [0.25, 0.3) is 5.97 Å². The van der Waals surface area contributed by atoms with Gasteiger partial charge in [0, 0.05) is 13.5 Å². The molecule has 0 spiro atoms. The van der Waals surface area contributed by atoms with E-state index in [1.54, 1.807) is 0 Å². The molecule has 0 aliphatic rings. The zero-order chi connectivity index (χ0) is 13.4. The molecule has 3 heteroatoms. The molecule has 0 aliphatic heterocycles. The van der Waals surface area contributed by atoms with Crippen LogP contribution in [0.15, 0.2) is 54.6 Å². The second-order valence-corrected chi connectivity index (χ2v) is 3.79. The van der Waals surface area contributed by atoms with Crippen LogP contribution in [0.4, 0.5) is 0 Å². The Morgan fingerprint density at radius 2 is 1.44 bits per heavy atom. The monoisotopic (exact) mass is 243 g/mol. The maximum absolute atomic E-state index is 9.00. The van der Waals surface area contributed by atoms with E-state index < -0.39 is 5.97 Å². The second-order valence-electron chi connectivity index (χ2n) is 3.79. The van der Waals surface area contributed by atoms with Crippen molar-refractivity contribution >= 4 is 5.97 Å². The van der Waals surface area contributed by atoms with E-state index in [4.69, 9.17) is 15.6 Å². The van der Waals surface area contributed by atoms with Crippen molar-refractivity contribution in [1.29, 1.82) is 0 Å². The van der Waals surface area contributed by atoms with Crippen molar-refractivity contribution in [1.82, 2.24) is 0 Å². The first kappa shape index (κ1) is 13.9. The quantitative estimate of drug-likeness (QED) is 0.852. The average Bonchev–Trinajstić information content (AvgIpc) is 2.39. The van der Waals surface area contributed by atoms with Gasteiger partial charge in [-0.3, -0.25) is 4.79 Å². The van der Waals surface area contributed by atoms with Crippen molar-refractivity contribution in [3.8, 4) is 11.1 Å². The van der Waals surface area contributed by atoms with E-state index in [1.807, 2.05) is 18.2 Å². The van der Waals surface area contributed by atoms with Crippen LogP contribution in [0.5, 0.6) is 0 Å². The van der Waals surface area contributed by atoms with Crippen molar-refractivity contribution in [2.24, 2.45) is 5.73 Å². The SMILES string of the molecule is CC(=O)O.NCc1ccc(-c2ccccc2)cc1. The van der Waals surface area contributed by atoms with Crippen LogP contribution in [0.25, 0.3) is 11.1 Å². The molecular weight excluding hydrogens is 226 g/mol. The normalized spacial score (nSPS) is 9.22. The van der Waals surface area contributed by atoms with Crippen LogP contribution in [0.2, 0.25) is 0 Å². The molecule has 0 saturated heterocycles. The first-order valence-corrected chi connectivity index (χ1v) is 5.67. The largest absolute Gasteiger partial charge is 0.481 e. The Bertz CT molecular complexity index is 474. The standard InChI is InChI=1S/C13H13N.C2H4O2/c14-10-11-6-8-13(9-7-11)12-4-2-1-3-5-12;1-2(3)4/h1-9H,10,14H2;1H3,(H,3,4). The summed E-state index contributed by atoms with van der Waals surface area (Å²) in [5, 5.41) is 7.42. The van der Waals surface area contributed by atoms with E-state index in [2.05, 4.69) is 36.4 Å². The van der Waals surface area contributed by atoms with Crippen LogP contribution in [-0.2, 0) is 11.3 Å². The molecule has 2 aromatic rings. The molecule has 0 radical (unpaired) electrons. The van der Waals surface area contributed by atoms with Crippen molar-refractivity contribution in [2.45, 2.75) is 13.5 Å². The molecule has 2 aromatic carbocycles. The van der Waals surface area contributed by atoms with Gasteiger partial charge in [-0.2, -0.15) is 0 Å². The zero-order valence-electron chi connectivity index (χ0n) is 10.3. The minimum atomic E-state index is -0.833. The van der Waals surface area contributed by atoms with Gasteiger partial charge in [-0.25, -0.2) is 0 Å². The molecule has 0 aliphatic carbocycles. The molecule has 0 atom stereocenters. The predicted octanol–water partition coefficient (Wildman–Crippen LogP) is 2.90. The lowest BCUT2D eigenvalue weighted by molar-refractivity contribution is -0.134. The summed E-state index contributed by atoms with van der Waals surface area (Å²) in [5.41, 5.74) is 9.19. The molecule has 2 rings (SSSR count). The highest BCUT2D eigenvalue weighted by molar-refractivity contribution is 5.63. The predicted molar refractivity (Wildman–Crippen MR) is 73.1 cm³/mol. The third kappa shape index (κ3) is 4.80. The summed E-state index contributed by atoms with van der Waals surface area (Å²) in [4.78, 5) is 9.00. The van der Waals surface area contributed by atoms with Gasteiger partial charge in [-0.05, 0) is 16.7 Å². The van der Waals surface area contributed by atoms with Gasteiger partial charge in [0.2, 0.25) is 0 Å². The van der Waals surface area contributed by atoms with E-state index in [0.717, 1.165) is 6.92 Å². The number of aliphatic carboxylic acids is 1. The lowest BCUT2D eigenvalue weighted by Gasteiger charge is -2.02. The van der Waals surface area contributed by atoms with Crippen molar-refractivity contribution in [3.63, 3.8) is 0 Å². The van der Waals surface area contributed by atoms with Crippen LogP contribution in [-0.4, -0.2) is 11.1 Å². The van der Waals surface area contributed by atoms with Gasteiger partial charge in [0.1, 0.15) is 0 Å². The smallest absolute Gasteiger partial charge is 0.300 e. The van der Waals surface area contributed by atoms with Crippen molar-refractivity contribution in [3.05, 3.63) is 60.2 Å². The molecule has 3 nitrogen and oxygen atoms in total. The van der Waals surface area contributed by atoms with Crippen molar-refractivity contribution < 1.29 is 9.90 Å². The molecule has 3 N–H and O–H groups in total. The molecular formula is C15H17NO2. The van der Waals surface area contributed by atoms with Gasteiger partial charge in [0.15, 0.2) is 0 Å². The third-order valence-corrected chi connectivity index (χ3v) is 2.30. The van der Waals surface area contributed by atoms with E-state index in [0.29, 0.717) is 6.54 Å². The van der Waals surface area contributed by atoms with Crippen LogP contribution >= 0.6 is 0 Å². The molecule has 0 amide bonds. The topological polar surface area (TPSA) is 63.3 Å². The molecule has 18 heavy (non-hydrogen) atoms. The summed E-state index contributed by atoms with van der Waals surface area (Å²) in [6.45, 7) is 1.69. The molecule has 0 saturated carbocycles. The highest BCUT2D eigenvalue weighted by Gasteiger charge is 1.95. The molecule has 0 aromatic heterocycles. The van der Waals surface area contributed by atoms with Crippen molar-refractivity contribution in [2.75, 3.05) is 0 Å². The van der Waals surface area contributed by atoms with E-state index in [9.17, 15) is 0 Å². The Morgan fingerprint density at radius 1 is 1.00 bits per heavy atom. The highest BCUT2D eigenvalue weighted by Crippen LogP contribution is 2.18. The lowest BCUT2D eigenvalue weighted by atomic mass is 10.0. The number of hydrogen-bond acceptors (Lipinski definition) is 2. The van der Waals surface area contributed by atoms with Gasteiger partial charge in [0.05, 0.1) is 0 Å². The molecule has 0 bridgehead atoms. The fourth-order valence-electron chi connectivity index (χ4n) is 1.46. The molecule has 0 unspecified atom stereocenters. The number of carboxylic acid groups (broad SMARTS) is 1. The molecule has 0 heterocycles. The number of carbonyl (C=O) groups is 1. The zero-order valence-corrected chi connectivity index (χ0v) is 10.3. The minimum Gasteiger partial charge on any atom is -0.481 e. The summed E-state index contributed by atoms with van der Waals surface area (Å²) in [6, 6.07) is 18.7. The minimum absolute atomic E-state index is 0.606. The number of carboxylic acids is 1. The summed E-state index contributed by atoms with van der Waals surface area (Å²) in [7, 11) is 0. The van der Waals surface area contributed by atoms with Gasteiger partial charge < -0.3 is 10.8 Å². The summed E-state index contributed by atoms with van der Waals surface area (Å²) in [6.07, 6.45) is 0. The fourth-order valence-corrected chi connectivity index (χ4v) is 1.46. The Balaban J connectivity index is 0.000000357. The highest BCUT2D eigenvalue weighted by atomic mass is 16.4. The fraction of sp³-hybridized carbons (Fsp3) is 0.133. The summed E-state index contributed by atoms with van der Waals surface area (Å²) < 4.78 is 0. The first-order valence-electron chi connectivity index (χ1n) is 5.67. The second kappa shape index (κ2) is 7.25. The van der Waals surface area contributed by atoms with E-state index >= 15 is 0 Å². The summed E-state index contributed by atoms with van der Waals surface area (Å²) in [5.74, 6) is -0.833. The molecule has 0 fully saturated rings. The number of benzene rings is 2. The van der Waals surface area contributed by atoms with Crippen LogP contribution in [0.3, 0.4) is 0 Å². The van der Waals surface area contributed by atoms with Gasteiger partial charge in [-0.1, -0.05) is 54.6 Å². The Hall–Kier alpha value is -2.13. The number of hydrogen-bond donors (Lipinski definition) is 2. The van der Waals surface area contributed by atoms with E-state index in [1.165, 1.54) is 16.7 Å². The Labute approximate surface area is 107 Å². The maximum Gasteiger partial charge on any atom is 0.300 e. The van der Waals surface area contributed by atoms with E-state index in [-0.39, 0.29) is 0 Å². The van der Waals surface area contributed by atoms with Crippen LogP contribution in [0.1, 0.15) is 12.5 Å². The first-order chi connectivity index (χ1) is 8.63. The Morgan fingerprint density at radius 3 is 1.89 bits per heavy atom. The Kier molecular flexibility index (Phi) is 5.61. The number of nitrogens with two attached hydrogens (primary N) is 1. The molecule has 94 valence electrons. The van der Waals surface area contributed by atoms with Gasteiger partial charge in [-0.15, -0.1) is 0 Å². The maximum atomic E-state index is 9.00. The third-order valence-electron chi connectivity index (χ3n) is 2.30. The van der Waals surface area contributed by atoms with Crippen LogP contribution in [0, 0.1) is 0 Å². The average molecular weight is 243 g/mol. The lowest BCUT2D eigenvalue weighted by Crippen LogP contribution is -1.95. The van der Waals surface area contributed by atoms with Crippen LogP contribution < -0.4 is 5.73 Å².